The number of aliphatic hydroxyl groups excluding tert-OH is 10. The van der Waals surface area contributed by atoms with Gasteiger partial charge in [0.2, 0.25) is 0 Å². The molecule has 54 heteroatoms. The summed E-state index contributed by atoms with van der Waals surface area (Å²) in [5.41, 5.74) is -4.50. The average Bonchev–Trinajstić information content (AvgIpc) is 0.784. The number of aliphatic carboxylic acids is 2. The van der Waals surface area contributed by atoms with Crippen molar-refractivity contribution in [2.24, 2.45) is 28.8 Å². The molecule has 0 bridgehead atoms. The first-order valence-corrected chi connectivity index (χ1v) is 47.4. The number of H-pyrrole nitrogens is 4. The minimum Gasteiger partial charge on any atom is -0.479 e. The summed E-state index contributed by atoms with van der Waals surface area (Å²) in [5, 5.41) is 151. The molecule has 4 aliphatic carbocycles. The smallest absolute Gasteiger partial charge is 0.332 e. The maximum Gasteiger partial charge on any atom is 0.332 e. The molecule has 18 N–H and O–H groups in total. The lowest BCUT2D eigenvalue weighted by Gasteiger charge is -2.48. The van der Waals surface area contributed by atoms with Gasteiger partial charge in [-0.15, -0.1) is 10.2 Å². The van der Waals surface area contributed by atoms with E-state index in [4.69, 9.17) is 90.0 Å². The third-order valence-corrected chi connectivity index (χ3v) is 25.8. The third-order valence-electron chi connectivity index (χ3n) is 25.8. The van der Waals surface area contributed by atoms with Gasteiger partial charge in [0.25, 0.3) is 22.9 Å². The Morgan fingerprint density at radius 2 is 0.951 bits per heavy atom. The molecule has 8 aliphatic rings. The number of aliphatic hydroxyl groups is 10. The molecule has 0 radical (unpaired) electrons. The zero-order valence-electron chi connectivity index (χ0n) is 79.5. The SMILES string of the molecule is C=C=NN(/C=C(\C)COCCOCCOCCOCCOCc1cn(CC(=O)OC2C(O[C@@H](CC3CCCCC3)C(=O)O)[C@@H](O)C(CO)O[C@H]2O[C@@H]2CC(C(=O)OC)CC(NC(=O)c3cc(=O)[nH]c(=O)[nH]3)C2O[C@@H]2OC(C)[C@@H](O)C(O)C2O)nn1)CC(=O)OC1C(O[C@@H](CC2CCCCC2)C(=O)O)[C@@H](O)C(CO)O[C@H]1O[C@@H]1CC(C(=O)OC)CC(NC(=O)c2cc(=O)[nH]c(=O)[nH]2)C1O[C@@H]1OC(C)[C@@H](O)C(O)C1O. The molecule has 7 heterocycles. The molecule has 11 rings (SSSR count). The fraction of sp³-hybridized carbons (Fsp3) is 0.753. The van der Waals surface area contributed by atoms with E-state index >= 15 is 0 Å². The number of aromatic nitrogens is 7. The highest BCUT2D eigenvalue weighted by Crippen LogP contribution is 2.42. The van der Waals surface area contributed by atoms with Crippen LogP contribution in [0.3, 0.4) is 0 Å². The van der Waals surface area contributed by atoms with E-state index in [0.29, 0.717) is 31.3 Å². The maximum absolute atomic E-state index is 14.5. The number of hydrogen-bond acceptors (Lipinski definition) is 45. The summed E-state index contributed by atoms with van der Waals surface area (Å²) in [6.45, 7) is 5.14. The number of hydrazone groups is 1. The van der Waals surface area contributed by atoms with Crippen LogP contribution in [0.1, 0.15) is 150 Å². The molecule has 4 saturated heterocycles. The number of ether oxygens (including phenoxy) is 19. The molecule has 4 aliphatic heterocycles. The van der Waals surface area contributed by atoms with Crippen molar-refractivity contribution in [1.29, 1.82) is 0 Å². The quantitative estimate of drug-likeness (QED) is 0.00823. The first kappa shape index (κ1) is 114. The van der Waals surface area contributed by atoms with E-state index in [0.717, 1.165) is 74.6 Å². The topological polar surface area (TPSA) is 757 Å². The lowest BCUT2D eigenvalue weighted by Crippen LogP contribution is -2.65. The Morgan fingerprint density at radius 1 is 0.531 bits per heavy atom. The van der Waals surface area contributed by atoms with E-state index in [2.05, 4.69) is 48.5 Å². The molecule has 4 saturated carbocycles. The summed E-state index contributed by atoms with van der Waals surface area (Å²) in [7, 11) is 2.14. The largest absolute Gasteiger partial charge is 0.479 e. The molecule has 0 aromatic carbocycles. The van der Waals surface area contributed by atoms with Crippen LogP contribution in [0.5, 0.6) is 0 Å². The van der Waals surface area contributed by atoms with E-state index < -0.39 is 304 Å². The number of rotatable bonds is 50. The predicted octanol–water partition coefficient (Wildman–Crippen LogP) is -5.85. The van der Waals surface area contributed by atoms with E-state index in [-0.39, 0.29) is 109 Å². The molecule has 8 fully saturated rings. The van der Waals surface area contributed by atoms with E-state index in [9.17, 15) is 119 Å². The molecule has 2 amide bonds. The summed E-state index contributed by atoms with van der Waals surface area (Å²) < 4.78 is 114. The van der Waals surface area contributed by atoms with Gasteiger partial charge in [0.15, 0.2) is 49.6 Å². The van der Waals surface area contributed by atoms with Crippen LogP contribution in [-0.2, 0) is 132 Å². The third kappa shape index (κ3) is 32.1. The standard InChI is InChI=1S/C89H131N11O43/c1-7-90-99(36-62(105)140-76-74(134-56(80(117)118)26-45-14-10-8-11-15-45)66(109)58(38-101)138-86(76)136-54-30-47(82(121)125-5)28-50(91-78(115)52-32-60(103)95-88(123)93-52)72(54)142-84-70(113)68(111)64(107)43(3)132-84)34-42(2)40-130-24-22-128-20-18-127-19-21-129-23-25-131-41-49-35-100(98-97-49)37-63(106)141-77-75(135-57(81(119)120)27-46-16-12-9-13-17-46)67(110)59(39-102)139-87(77)137-55-31-48(83(122)126-6)29-51(92-79(116)53-33-61(104)96-89(124)94-53)73(55)143-85-71(114)69(112)65(108)44(4)133-85/h32-35,43-48,50-51,54-59,64-77,84-87,101-102,107-114H,1,8-31,36-41H2,2-6H3,(H,91,115)(H,92,116)(H,117,118)(H,119,120)(H2,93,95,103,123)(H2,94,96,104,124)/b42-34+/t43?,44?,47?,48?,50?,51?,54-,55-,56+,57+,58?,59?,64-,65-,66+,67+,68?,69?,70?,71?,72?,73?,74?,75?,76?,77?,84+,85+,86-,87-/m1/s1. The van der Waals surface area contributed by atoms with Gasteiger partial charge in [-0.25, -0.2) is 23.9 Å². The zero-order valence-corrected chi connectivity index (χ0v) is 79.5. The first-order valence-electron chi connectivity index (χ1n) is 47.4. The highest BCUT2D eigenvalue weighted by molar-refractivity contribution is 5.93. The van der Waals surface area contributed by atoms with E-state index in [1.54, 1.807) is 6.92 Å². The molecule has 800 valence electrons. The van der Waals surface area contributed by atoms with Crippen molar-refractivity contribution in [2.75, 3.05) is 93.4 Å². The van der Waals surface area contributed by atoms with Crippen molar-refractivity contribution >= 4 is 53.5 Å². The molecule has 18 unspecified atom stereocenters. The summed E-state index contributed by atoms with van der Waals surface area (Å²) in [6.07, 6.45) is -37.3. The van der Waals surface area contributed by atoms with Crippen LogP contribution >= 0.6 is 0 Å². The minimum absolute atomic E-state index is 0.0480. The van der Waals surface area contributed by atoms with Crippen molar-refractivity contribution in [3.8, 4) is 0 Å². The van der Waals surface area contributed by atoms with Gasteiger partial charge < -0.3 is 172 Å². The maximum atomic E-state index is 14.5. The number of nitrogens with zero attached hydrogens (tertiary/aromatic N) is 5. The van der Waals surface area contributed by atoms with Crippen molar-refractivity contribution in [2.45, 2.75) is 308 Å². The summed E-state index contributed by atoms with van der Waals surface area (Å²) in [5.74, 6) is -9.51. The Balaban J connectivity index is 0.666. The van der Waals surface area contributed by atoms with Crippen molar-refractivity contribution in [3.05, 3.63) is 95.4 Å². The fourth-order valence-corrected chi connectivity index (χ4v) is 18.6. The number of carboxylic acids is 2. The van der Waals surface area contributed by atoms with Crippen LogP contribution in [0.4, 0.5) is 0 Å². The lowest BCUT2D eigenvalue weighted by atomic mass is 9.81. The second-order valence-corrected chi connectivity index (χ2v) is 36.3. The Hall–Kier alpha value is -9.75. The zero-order chi connectivity index (χ0) is 103. The molecule has 0 spiro atoms. The Morgan fingerprint density at radius 3 is 1.36 bits per heavy atom. The number of carbonyl (C=O) groups is 8. The van der Waals surface area contributed by atoms with Gasteiger partial charge in [-0.1, -0.05) is 69.4 Å². The Kier molecular flexibility index (Phi) is 43.8. The highest BCUT2D eigenvalue weighted by Gasteiger charge is 2.58. The average molecular weight is 2040 g/mol. The van der Waals surface area contributed by atoms with Crippen molar-refractivity contribution in [3.63, 3.8) is 0 Å². The number of amides is 2. The summed E-state index contributed by atoms with van der Waals surface area (Å²) >= 11 is 0. The van der Waals surface area contributed by atoms with Crippen molar-refractivity contribution in [1.82, 2.24) is 50.6 Å². The predicted molar refractivity (Wildman–Crippen MR) is 476 cm³/mol. The van der Waals surface area contributed by atoms with E-state index in [1.165, 1.54) is 26.2 Å². The van der Waals surface area contributed by atoms with Gasteiger partial charge in [0, 0.05) is 24.2 Å². The lowest BCUT2D eigenvalue weighted by molar-refractivity contribution is -0.348. The first-order chi connectivity index (χ1) is 68.4. The number of aromatic amines is 4. The van der Waals surface area contributed by atoms with E-state index in [1.807, 2.05) is 9.97 Å². The van der Waals surface area contributed by atoms with Gasteiger partial charge in [0.1, 0.15) is 116 Å². The van der Waals surface area contributed by atoms with Crippen LogP contribution in [0.2, 0.25) is 0 Å². The Labute approximate surface area is 816 Å². The van der Waals surface area contributed by atoms with Gasteiger partial charge in [-0.05, 0) is 83.3 Å². The van der Waals surface area contributed by atoms with Crippen LogP contribution in [0.15, 0.2) is 61.0 Å². The van der Waals surface area contributed by atoms with Crippen LogP contribution < -0.4 is 33.1 Å². The fourth-order valence-electron chi connectivity index (χ4n) is 18.6. The second-order valence-electron chi connectivity index (χ2n) is 36.3. The van der Waals surface area contributed by atoms with Crippen LogP contribution in [0, 0.1) is 23.7 Å². The number of nitrogens with one attached hydrogen (secondary N) is 6. The van der Waals surface area contributed by atoms with Gasteiger partial charge in [-0.3, -0.25) is 53.3 Å². The number of esters is 4. The van der Waals surface area contributed by atoms with Crippen LogP contribution in [-0.4, -0.2) is 420 Å². The summed E-state index contributed by atoms with van der Waals surface area (Å²) in [6, 6.07) is -1.41. The minimum atomic E-state index is -2.03. The monoisotopic (exact) mass is 2040 g/mol. The molecule has 54 nitrogen and oxygen atoms in total. The second kappa shape index (κ2) is 55.1. The molecule has 3 aromatic heterocycles. The number of hydrogen-bond donors (Lipinski definition) is 18. The van der Waals surface area contributed by atoms with Crippen molar-refractivity contribution < 1.29 is 190 Å². The molecule has 143 heavy (non-hydrogen) atoms. The molecular weight excluding hydrogens is 1910 g/mol. The molecule has 3 aromatic rings. The van der Waals surface area contributed by atoms with Gasteiger partial charge in [0.05, 0.1) is 148 Å². The van der Waals surface area contributed by atoms with Gasteiger partial charge in [-0.2, -0.15) is 0 Å². The molecule has 30 atom stereocenters. The number of methoxy groups -OCH3 is 2. The number of carboxylic acid groups (broad SMARTS) is 2. The number of carbonyl (C=O) groups excluding carboxylic acids is 6. The normalized spacial score (nSPS) is 31.9. The molecular formula is C89H131N11O43. The summed E-state index contributed by atoms with van der Waals surface area (Å²) in [4.78, 5) is 168. The van der Waals surface area contributed by atoms with Gasteiger partial charge >= 0.3 is 47.2 Å². The highest BCUT2D eigenvalue weighted by atomic mass is 16.8. The van der Waals surface area contributed by atoms with Crippen LogP contribution in [0.25, 0.3) is 0 Å². The Bertz CT molecular complexity index is 4890.